The molecular formula is C31H35Cl2N2O2OsS-. The molecule has 0 spiro atoms. The number of sulfonamides is 1. The van der Waals surface area contributed by atoms with E-state index in [1.165, 1.54) is 11.1 Å². The van der Waals surface area contributed by atoms with Crippen LogP contribution in [0.25, 0.3) is 5.73 Å². The van der Waals surface area contributed by atoms with E-state index in [1.807, 2.05) is 67.6 Å². The summed E-state index contributed by atoms with van der Waals surface area (Å²) in [6, 6.07) is 32.5. The van der Waals surface area contributed by atoms with Crippen LogP contribution in [0, 0.1) is 13.8 Å². The summed E-state index contributed by atoms with van der Waals surface area (Å²) in [7, 11) is 6.06. The van der Waals surface area contributed by atoms with Crippen LogP contribution in [0.4, 0.5) is 0 Å². The third-order valence-electron chi connectivity index (χ3n) is 6.01. The predicted octanol–water partition coefficient (Wildman–Crippen LogP) is 9.30. The number of rotatable bonds is 7. The molecule has 0 bridgehead atoms. The Hall–Kier alpha value is -2.03. The first-order valence-electron chi connectivity index (χ1n) is 12.4. The zero-order chi connectivity index (χ0) is 28.8. The summed E-state index contributed by atoms with van der Waals surface area (Å²) >= 11 is -0.639. The standard InChI is InChI=1S/C21H21N2O2S.C10H14.2ClH.Os/c1-16-12-14-19(15-13-16)26(24,25)23-21(18-10-6-3-7-11-18)20(22)17-8-4-2-5-9-17;1-8(2)10-6-4-9(3)5-7-10;;;/h2-15,20-23H,1H3;4-8H,1-3H3;2*1H;/q-1;;;;+2/p-2. The van der Waals surface area contributed by atoms with Gasteiger partial charge in [-0.3, -0.25) is 0 Å². The number of hydrogen-bond donors (Lipinski definition) is 1. The first-order chi connectivity index (χ1) is 18.6. The van der Waals surface area contributed by atoms with Crippen molar-refractivity contribution in [3.8, 4) is 0 Å². The maximum absolute atomic E-state index is 12.9. The first kappa shape index (κ1) is 33.2. The van der Waals surface area contributed by atoms with E-state index in [9.17, 15) is 8.42 Å². The minimum atomic E-state index is -3.75. The van der Waals surface area contributed by atoms with Crippen molar-refractivity contribution in [2.75, 3.05) is 0 Å². The predicted molar refractivity (Wildman–Crippen MR) is 161 cm³/mol. The van der Waals surface area contributed by atoms with E-state index < -0.39 is 37.5 Å². The van der Waals surface area contributed by atoms with Gasteiger partial charge in [0.25, 0.3) is 0 Å². The first-order valence-corrected chi connectivity index (χ1v) is 20.2. The SMILES string of the molecule is Cc1ccc(C(C)C)cc1.Cc1ccc(S(=O)(=O)NC(c2ccccc2)C([NH-])c2ccccc2)cc1.[Cl][Os][Cl]. The molecule has 2 unspecified atom stereocenters. The fourth-order valence-corrected chi connectivity index (χ4v) is 4.98. The zero-order valence-electron chi connectivity index (χ0n) is 22.5. The molecule has 0 aliphatic heterocycles. The minimum absolute atomic E-state index is 0.198. The fraction of sp³-hybridized carbons (Fsp3) is 0.226. The molecule has 2 N–H and O–H groups in total. The van der Waals surface area contributed by atoms with Crippen LogP contribution in [-0.2, 0) is 25.4 Å². The maximum atomic E-state index is 12.9. The topological polar surface area (TPSA) is 70.0 Å². The third-order valence-corrected chi connectivity index (χ3v) is 7.47. The van der Waals surface area contributed by atoms with Gasteiger partial charge in [0.1, 0.15) is 0 Å². The van der Waals surface area contributed by atoms with Crippen LogP contribution in [0.1, 0.15) is 59.7 Å². The van der Waals surface area contributed by atoms with Crippen molar-refractivity contribution >= 4 is 29.3 Å². The van der Waals surface area contributed by atoms with Gasteiger partial charge in [-0.2, -0.15) is 0 Å². The van der Waals surface area contributed by atoms with Crippen molar-refractivity contribution < 1.29 is 23.8 Å². The van der Waals surface area contributed by atoms with E-state index in [-0.39, 0.29) is 4.90 Å². The van der Waals surface area contributed by atoms with Gasteiger partial charge in [0.15, 0.2) is 0 Å². The molecule has 4 rings (SSSR count). The van der Waals surface area contributed by atoms with Crippen LogP contribution < -0.4 is 4.72 Å². The Bertz CT molecular complexity index is 1340. The molecule has 0 aromatic heterocycles. The van der Waals surface area contributed by atoms with Crippen molar-refractivity contribution in [3.05, 3.63) is 143 Å². The fourth-order valence-electron chi connectivity index (χ4n) is 3.75. The van der Waals surface area contributed by atoms with Crippen molar-refractivity contribution in [3.63, 3.8) is 0 Å². The summed E-state index contributed by atoms with van der Waals surface area (Å²) in [5, 5.41) is 0. The van der Waals surface area contributed by atoms with Crippen LogP contribution in [0.15, 0.2) is 114 Å². The Morgan fingerprint density at radius 2 is 1.08 bits per heavy atom. The van der Waals surface area contributed by atoms with Crippen molar-refractivity contribution in [2.24, 2.45) is 0 Å². The van der Waals surface area contributed by atoms with E-state index in [1.54, 1.807) is 24.3 Å². The van der Waals surface area contributed by atoms with Crippen molar-refractivity contribution in [1.82, 2.24) is 4.72 Å². The molecule has 4 aromatic carbocycles. The molecule has 4 nitrogen and oxygen atoms in total. The Kier molecular flexibility index (Phi) is 14.4. The van der Waals surface area contributed by atoms with Crippen LogP contribution in [-0.4, -0.2) is 8.42 Å². The van der Waals surface area contributed by atoms with E-state index in [4.69, 9.17) is 25.0 Å². The van der Waals surface area contributed by atoms with Crippen LogP contribution in [0.2, 0.25) is 0 Å². The van der Waals surface area contributed by atoms with Crippen molar-refractivity contribution in [1.29, 1.82) is 0 Å². The second-order valence-corrected chi connectivity index (χ2v) is 14.7. The molecule has 0 amide bonds. The van der Waals surface area contributed by atoms with Crippen LogP contribution in [0.5, 0.6) is 0 Å². The molecule has 0 radical (unpaired) electrons. The van der Waals surface area contributed by atoms with Gasteiger partial charge in [-0.15, -0.1) is 0 Å². The Morgan fingerprint density at radius 1 is 0.667 bits per heavy atom. The number of aryl methyl sites for hydroxylation is 2. The molecule has 39 heavy (non-hydrogen) atoms. The average molecular weight is 761 g/mol. The second kappa shape index (κ2) is 16.9. The van der Waals surface area contributed by atoms with Gasteiger partial charge < -0.3 is 5.73 Å². The summed E-state index contributed by atoms with van der Waals surface area (Å²) in [5.74, 6) is 0.653. The van der Waals surface area contributed by atoms with Gasteiger partial charge in [0.05, 0.1) is 4.90 Å². The van der Waals surface area contributed by atoms with E-state index in [2.05, 4.69) is 49.8 Å². The number of benzene rings is 4. The normalized spacial score (nSPS) is 12.5. The molecule has 0 aliphatic rings. The summed E-state index contributed by atoms with van der Waals surface area (Å²) < 4.78 is 28.5. The zero-order valence-corrected chi connectivity index (χ0v) is 27.3. The summed E-state index contributed by atoms with van der Waals surface area (Å²) in [5.41, 5.74) is 13.9. The van der Waals surface area contributed by atoms with Gasteiger partial charge in [0, 0.05) is 6.04 Å². The summed E-state index contributed by atoms with van der Waals surface area (Å²) in [6.45, 7) is 8.45. The molecule has 210 valence electrons. The number of hydrogen-bond acceptors (Lipinski definition) is 2. The monoisotopic (exact) mass is 761 g/mol. The van der Waals surface area contributed by atoms with E-state index in [0.29, 0.717) is 5.92 Å². The van der Waals surface area contributed by atoms with E-state index in [0.717, 1.165) is 16.7 Å². The molecule has 0 fully saturated rings. The molecule has 0 aliphatic carbocycles. The number of halogens is 2. The molecule has 2 atom stereocenters. The third kappa shape index (κ3) is 11.2. The van der Waals surface area contributed by atoms with Gasteiger partial charge in [-0.25, -0.2) is 13.1 Å². The molecule has 0 saturated carbocycles. The average Bonchev–Trinajstić information content (AvgIpc) is 2.94. The van der Waals surface area contributed by atoms with Gasteiger partial charge in [0.2, 0.25) is 10.0 Å². The molecule has 8 heteroatoms. The Balaban J connectivity index is 0.000000341. The van der Waals surface area contributed by atoms with Crippen molar-refractivity contribution in [2.45, 2.75) is 50.6 Å². The Labute approximate surface area is 249 Å². The van der Waals surface area contributed by atoms with E-state index >= 15 is 0 Å². The number of nitrogens with one attached hydrogen (secondary N) is 2. The van der Waals surface area contributed by atoms with Crippen LogP contribution >= 0.6 is 19.3 Å². The quantitative estimate of drug-likeness (QED) is 0.204. The summed E-state index contributed by atoms with van der Waals surface area (Å²) in [6.07, 6.45) is 0. The van der Waals surface area contributed by atoms with Gasteiger partial charge in [-0.05, 0) is 43.0 Å². The Morgan fingerprint density at radius 3 is 1.51 bits per heavy atom. The summed E-state index contributed by atoms with van der Waals surface area (Å²) in [4.78, 5) is 0.198. The molecule has 0 saturated heterocycles. The van der Waals surface area contributed by atoms with Crippen LogP contribution in [0.3, 0.4) is 0 Å². The molecule has 0 heterocycles. The van der Waals surface area contributed by atoms with Gasteiger partial charge >= 0.3 is 34.7 Å². The van der Waals surface area contributed by atoms with Gasteiger partial charge in [-0.1, -0.05) is 134 Å². The second-order valence-electron chi connectivity index (χ2n) is 9.33. The molecular weight excluding hydrogens is 726 g/mol. The molecule has 4 aromatic rings.